The number of hydrogen-bond acceptors (Lipinski definition) is 2. The monoisotopic (exact) mass is 502 g/mol. The van der Waals surface area contributed by atoms with Crippen molar-refractivity contribution in [1.29, 1.82) is 0 Å². The van der Waals surface area contributed by atoms with Crippen LogP contribution in [-0.4, -0.2) is 11.6 Å². The van der Waals surface area contributed by atoms with Crippen molar-refractivity contribution in [1.82, 2.24) is 0 Å². The summed E-state index contributed by atoms with van der Waals surface area (Å²) in [6.45, 7) is 10.2. The van der Waals surface area contributed by atoms with Gasteiger partial charge in [0.15, 0.2) is 5.78 Å². The number of carbonyl (C=O) groups excluding carboxylic acids is 2. The van der Waals surface area contributed by atoms with Gasteiger partial charge in [0.05, 0.1) is 0 Å². The molecule has 3 heteroatoms. The van der Waals surface area contributed by atoms with Gasteiger partial charge in [0.2, 0.25) is 0 Å². The lowest BCUT2D eigenvalue weighted by molar-refractivity contribution is -0.119. The Morgan fingerprint density at radius 2 is 1.95 bits per heavy atom. The minimum Gasteiger partial charge on any atom is -0.299 e. The lowest BCUT2D eigenvalue weighted by Crippen LogP contribution is -2.21. The van der Waals surface area contributed by atoms with Gasteiger partial charge in [-0.3, -0.25) is 9.59 Å². The molecule has 4 unspecified atom stereocenters. The van der Waals surface area contributed by atoms with E-state index >= 15 is 0 Å². The molecule has 2 aromatic carbocycles. The third kappa shape index (κ3) is 7.60. The Labute approximate surface area is 223 Å². The van der Waals surface area contributed by atoms with Gasteiger partial charge in [-0.25, -0.2) is 4.39 Å². The smallest absolute Gasteiger partial charge is 0.158 e. The lowest BCUT2D eigenvalue weighted by Gasteiger charge is -2.29. The molecule has 1 saturated carbocycles. The molecular weight excluding hydrogens is 459 g/mol. The van der Waals surface area contributed by atoms with Gasteiger partial charge in [-0.05, 0) is 79.7 Å². The SMILES string of the molecule is CC=CC=C(C)C(=O)CCCC(C)C(CCC)C1CC(=O)C(c2cccc(-c3ccc(C)cc3F)c2)C1. The van der Waals surface area contributed by atoms with Crippen molar-refractivity contribution in [2.75, 3.05) is 0 Å². The van der Waals surface area contributed by atoms with E-state index in [-0.39, 0.29) is 17.5 Å². The zero-order chi connectivity index (χ0) is 26.9. The first-order valence-corrected chi connectivity index (χ1v) is 14.0. The van der Waals surface area contributed by atoms with Crippen LogP contribution >= 0.6 is 0 Å². The van der Waals surface area contributed by atoms with Crippen LogP contribution in [0.4, 0.5) is 4.39 Å². The van der Waals surface area contributed by atoms with Crippen molar-refractivity contribution in [2.45, 2.75) is 85.5 Å². The summed E-state index contributed by atoms with van der Waals surface area (Å²) in [6.07, 6.45) is 11.9. The third-order valence-electron chi connectivity index (χ3n) is 8.12. The highest BCUT2D eigenvalue weighted by Crippen LogP contribution is 2.44. The molecule has 4 atom stereocenters. The zero-order valence-electron chi connectivity index (χ0n) is 23.2. The van der Waals surface area contributed by atoms with Crippen LogP contribution in [0.25, 0.3) is 11.1 Å². The van der Waals surface area contributed by atoms with Crippen LogP contribution in [0.2, 0.25) is 0 Å². The highest BCUT2D eigenvalue weighted by atomic mass is 19.1. The normalized spacial score (nSPS) is 19.9. The predicted octanol–water partition coefficient (Wildman–Crippen LogP) is 9.18. The van der Waals surface area contributed by atoms with Crippen LogP contribution < -0.4 is 0 Å². The number of rotatable bonds is 12. The van der Waals surface area contributed by atoms with Crippen molar-refractivity contribution >= 4 is 11.6 Å². The molecule has 1 aliphatic rings. The number of halogens is 1. The number of hydrogen-bond donors (Lipinski definition) is 0. The van der Waals surface area contributed by atoms with Crippen LogP contribution in [0.15, 0.2) is 66.3 Å². The number of Topliss-reactive ketones (excluding diaryl/α,β-unsaturated/α-hetero) is 2. The minimum atomic E-state index is -0.226. The number of allylic oxidation sites excluding steroid dienone is 4. The van der Waals surface area contributed by atoms with Crippen molar-refractivity contribution in [3.8, 4) is 11.1 Å². The molecule has 0 aromatic heterocycles. The van der Waals surface area contributed by atoms with Gasteiger partial charge in [0.25, 0.3) is 0 Å². The minimum absolute atomic E-state index is 0.119. The Kier molecular flexibility index (Phi) is 10.6. The topological polar surface area (TPSA) is 34.1 Å². The number of benzene rings is 2. The molecule has 0 amide bonds. The number of ketones is 2. The van der Waals surface area contributed by atoms with Gasteiger partial charge in [-0.15, -0.1) is 0 Å². The molecule has 37 heavy (non-hydrogen) atoms. The van der Waals surface area contributed by atoms with E-state index in [1.54, 1.807) is 6.07 Å². The summed E-state index contributed by atoms with van der Waals surface area (Å²) in [6, 6.07) is 13.2. The summed E-state index contributed by atoms with van der Waals surface area (Å²) >= 11 is 0. The molecule has 198 valence electrons. The summed E-state index contributed by atoms with van der Waals surface area (Å²) in [5, 5.41) is 0. The second-order valence-corrected chi connectivity index (χ2v) is 10.9. The fourth-order valence-electron chi connectivity index (χ4n) is 5.99. The molecule has 0 radical (unpaired) electrons. The maximum absolute atomic E-state index is 14.6. The van der Waals surface area contributed by atoms with E-state index in [1.165, 1.54) is 0 Å². The maximum Gasteiger partial charge on any atom is 0.158 e. The van der Waals surface area contributed by atoms with Crippen LogP contribution in [-0.2, 0) is 9.59 Å². The summed E-state index contributed by atoms with van der Waals surface area (Å²) < 4.78 is 14.6. The van der Waals surface area contributed by atoms with Crippen molar-refractivity contribution < 1.29 is 14.0 Å². The molecule has 2 aromatic rings. The van der Waals surface area contributed by atoms with E-state index in [9.17, 15) is 14.0 Å². The summed E-state index contributed by atoms with van der Waals surface area (Å²) in [5.74, 6) is 1.49. The fourth-order valence-corrected chi connectivity index (χ4v) is 5.99. The molecule has 1 fully saturated rings. The van der Waals surface area contributed by atoms with Crippen molar-refractivity contribution in [3.05, 3.63) is 83.2 Å². The predicted molar refractivity (Wildman–Crippen MR) is 152 cm³/mol. The molecule has 0 bridgehead atoms. The summed E-state index contributed by atoms with van der Waals surface area (Å²) in [7, 11) is 0. The van der Waals surface area contributed by atoms with Gasteiger partial charge in [0, 0.05) is 24.3 Å². The van der Waals surface area contributed by atoms with Crippen LogP contribution in [0.1, 0.15) is 89.7 Å². The first-order chi connectivity index (χ1) is 17.7. The van der Waals surface area contributed by atoms with Crippen LogP contribution in [0.5, 0.6) is 0 Å². The Bertz CT molecular complexity index is 1140. The summed E-state index contributed by atoms with van der Waals surface area (Å²) in [5.41, 5.74) is 4.12. The lowest BCUT2D eigenvalue weighted by atomic mass is 9.76. The van der Waals surface area contributed by atoms with E-state index in [0.717, 1.165) is 54.4 Å². The van der Waals surface area contributed by atoms with E-state index < -0.39 is 0 Å². The fraction of sp³-hybridized carbons (Fsp3) is 0.471. The standard InChI is InChI=1S/C34H43FO2/c1-6-8-12-25(5)33(36)16-9-13-24(4)29(11-7-2)28-21-31(34(37)22-28)27-15-10-14-26(20-27)30-18-17-23(3)19-32(30)35/h6,8,10,12,14-15,17-20,24,28-29,31H,7,9,11,13,16,21-22H2,1-5H3. The average Bonchev–Trinajstić information content (AvgIpc) is 3.26. The van der Waals surface area contributed by atoms with Gasteiger partial charge in [-0.2, -0.15) is 0 Å². The largest absolute Gasteiger partial charge is 0.299 e. The van der Waals surface area contributed by atoms with Crippen molar-refractivity contribution in [2.24, 2.45) is 17.8 Å². The maximum atomic E-state index is 14.6. The van der Waals surface area contributed by atoms with Crippen LogP contribution in [0.3, 0.4) is 0 Å². The molecule has 1 aliphatic carbocycles. The number of aryl methyl sites for hydroxylation is 1. The average molecular weight is 503 g/mol. The van der Waals surface area contributed by atoms with E-state index in [0.29, 0.717) is 41.9 Å². The highest BCUT2D eigenvalue weighted by molar-refractivity contribution is 5.94. The first kappa shape index (κ1) is 28.8. The first-order valence-electron chi connectivity index (χ1n) is 14.0. The second kappa shape index (κ2) is 13.7. The Balaban J connectivity index is 1.67. The molecule has 2 nitrogen and oxygen atoms in total. The molecule has 0 heterocycles. The third-order valence-corrected chi connectivity index (χ3v) is 8.12. The molecule has 0 saturated heterocycles. The molecule has 0 spiro atoms. The van der Waals surface area contributed by atoms with Gasteiger partial charge in [0.1, 0.15) is 11.6 Å². The summed E-state index contributed by atoms with van der Waals surface area (Å²) in [4.78, 5) is 25.6. The van der Waals surface area contributed by atoms with Crippen molar-refractivity contribution in [3.63, 3.8) is 0 Å². The number of carbonyl (C=O) groups is 2. The van der Waals surface area contributed by atoms with Gasteiger partial charge < -0.3 is 0 Å². The van der Waals surface area contributed by atoms with E-state index in [4.69, 9.17) is 0 Å². The molecular formula is C34H43FO2. The molecule has 0 N–H and O–H groups in total. The second-order valence-electron chi connectivity index (χ2n) is 10.9. The van der Waals surface area contributed by atoms with Gasteiger partial charge in [-0.1, -0.05) is 87.7 Å². The van der Waals surface area contributed by atoms with E-state index in [2.05, 4.69) is 13.8 Å². The van der Waals surface area contributed by atoms with Gasteiger partial charge >= 0.3 is 0 Å². The molecule has 0 aliphatic heterocycles. The Morgan fingerprint density at radius 1 is 1.16 bits per heavy atom. The van der Waals surface area contributed by atoms with E-state index in [1.807, 2.05) is 75.4 Å². The quantitative estimate of drug-likeness (QED) is 0.214. The molecule has 3 rings (SSSR count). The van der Waals surface area contributed by atoms with Crippen LogP contribution in [0, 0.1) is 30.5 Å². The Morgan fingerprint density at radius 3 is 2.65 bits per heavy atom. The highest BCUT2D eigenvalue weighted by Gasteiger charge is 2.39. The zero-order valence-corrected chi connectivity index (χ0v) is 23.2. The Hall–Kier alpha value is -2.81.